The van der Waals surface area contributed by atoms with Gasteiger partial charge in [-0.15, -0.1) is 0 Å². The highest BCUT2D eigenvalue weighted by atomic mass is 15.1. The molecule has 10 rings (SSSR count). The molecule has 0 radical (unpaired) electrons. The summed E-state index contributed by atoms with van der Waals surface area (Å²) in [6.07, 6.45) is 2.09. The van der Waals surface area contributed by atoms with Crippen LogP contribution in [0.15, 0.2) is 188 Å². The maximum Gasteiger partial charge on any atom is 0.147 e. The summed E-state index contributed by atoms with van der Waals surface area (Å²) in [6.45, 7) is 0. The summed E-state index contributed by atoms with van der Waals surface area (Å²) in [7, 11) is 0. The van der Waals surface area contributed by atoms with Crippen LogP contribution in [-0.4, -0.2) is 14.1 Å². The third-order valence-electron chi connectivity index (χ3n) is 9.92. The average molecular weight is 638 g/mol. The fourth-order valence-electron chi connectivity index (χ4n) is 7.65. The maximum absolute atomic E-state index is 5.34. The summed E-state index contributed by atoms with van der Waals surface area (Å²) < 4.78 is 4.78. The molecule has 3 heteroatoms. The molecule has 0 N–H and O–H groups in total. The number of hydrogen-bond acceptors (Lipinski definition) is 1. The van der Waals surface area contributed by atoms with Crippen molar-refractivity contribution in [3.63, 3.8) is 0 Å². The van der Waals surface area contributed by atoms with E-state index in [9.17, 15) is 0 Å². The van der Waals surface area contributed by atoms with Gasteiger partial charge in [0.25, 0.3) is 0 Å². The molecular formula is C47H31N3. The van der Waals surface area contributed by atoms with E-state index in [0.29, 0.717) is 0 Å². The van der Waals surface area contributed by atoms with E-state index in [1.54, 1.807) is 0 Å². The highest BCUT2D eigenvalue weighted by molar-refractivity contribution is 6.25. The largest absolute Gasteiger partial charge is 0.308 e. The van der Waals surface area contributed by atoms with Crippen LogP contribution in [0.5, 0.6) is 0 Å². The summed E-state index contributed by atoms with van der Waals surface area (Å²) in [5, 5.41) is 4.65. The summed E-state index contributed by atoms with van der Waals surface area (Å²) in [5.74, 6) is 0. The van der Waals surface area contributed by atoms with Gasteiger partial charge in [-0.1, -0.05) is 133 Å². The van der Waals surface area contributed by atoms with Gasteiger partial charge >= 0.3 is 0 Å². The van der Waals surface area contributed by atoms with Crippen LogP contribution in [0.1, 0.15) is 0 Å². The second-order valence-corrected chi connectivity index (χ2v) is 12.8. The summed E-state index contributed by atoms with van der Waals surface area (Å²) in [5.41, 5.74) is 13.7. The van der Waals surface area contributed by atoms with Crippen molar-refractivity contribution in [2.24, 2.45) is 0 Å². The first-order chi connectivity index (χ1) is 24.8. The lowest BCUT2D eigenvalue weighted by Gasteiger charge is -2.14. The molecule has 7 aromatic carbocycles. The third-order valence-corrected chi connectivity index (χ3v) is 9.92. The SMILES string of the molecule is c1ccc(-c2cc(-c3ccccc3)cc(-n3c4ccccc4c4c3ncc3c5cc(-c6ccccc6)ccc5n(-c5ccccc5)c34)c2)cc1. The molecule has 0 aliphatic carbocycles. The van der Waals surface area contributed by atoms with E-state index in [0.717, 1.165) is 38.8 Å². The number of nitrogens with zero attached hydrogens (tertiary/aromatic N) is 3. The van der Waals surface area contributed by atoms with Crippen LogP contribution in [0.4, 0.5) is 0 Å². The van der Waals surface area contributed by atoms with E-state index in [4.69, 9.17) is 4.98 Å². The van der Waals surface area contributed by atoms with Crippen LogP contribution in [0.2, 0.25) is 0 Å². The number of benzene rings is 7. The Morgan fingerprint density at radius 2 is 0.880 bits per heavy atom. The van der Waals surface area contributed by atoms with E-state index in [1.807, 2.05) is 0 Å². The molecule has 3 nitrogen and oxygen atoms in total. The van der Waals surface area contributed by atoms with Gasteiger partial charge in [0.1, 0.15) is 5.65 Å². The molecule has 50 heavy (non-hydrogen) atoms. The highest BCUT2D eigenvalue weighted by Crippen LogP contribution is 2.42. The van der Waals surface area contributed by atoms with E-state index < -0.39 is 0 Å². The predicted molar refractivity (Wildman–Crippen MR) is 209 cm³/mol. The van der Waals surface area contributed by atoms with Gasteiger partial charge in [-0.2, -0.15) is 0 Å². The Hall–Kier alpha value is -6.71. The normalized spacial score (nSPS) is 11.6. The molecule has 0 fully saturated rings. The zero-order valence-electron chi connectivity index (χ0n) is 27.2. The van der Waals surface area contributed by atoms with Crippen molar-refractivity contribution in [1.29, 1.82) is 0 Å². The topological polar surface area (TPSA) is 22.8 Å². The molecule has 3 aromatic heterocycles. The van der Waals surface area contributed by atoms with Crippen molar-refractivity contribution < 1.29 is 0 Å². The fourth-order valence-corrected chi connectivity index (χ4v) is 7.65. The molecule has 234 valence electrons. The van der Waals surface area contributed by atoms with Crippen LogP contribution in [-0.2, 0) is 0 Å². The predicted octanol–water partition coefficient (Wildman–Crippen LogP) is 12.3. The molecule has 0 bridgehead atoms. The van der Waals surface area contributed by atoms with Gasteiger partial charge in [0.2, 0.25) is 0 Å². The van der Waals surface area contributed by atoms with Gasteiger partial charge < -0.3 is 4.57 Å². The first kappa shape index (κ1) is 28.3. The molecule has 0 aliphatic heterocycles. The van der Waals surface area contributed by atoms with Crippen molar-refractivity contribution in [3.8, 4) is 44.8 Å². The Bertz CT molecular complexity index is 2770. The van der Waals surface area contributed by atoms with E-state index in [1.165, 1.54) is 49.7 Å². The number of fused-ring (bicyclic) bond motifs is 7. The van der Waals surface area contributed by atoms with E-state index in [2.05, 4.69) is 197 Å². The van der Waals surface area contributed by atoms with Gasteiger partial charge in [0.15, 0.2) is 0 Å². The van der Waals surface area contributed by atoms with Crippen LogP contribution < -0.4 is 0 Å². The molecular weight excluding hydrogens is 607 g/mol. The van der Waals surface area contributed by atoms with Crippen molar-refractivity contribution in [3.05, 3.63) is 188 Å². The zero-order valence-corrected chi connectivity index (χ0v) is 27.2. The Kier molecular flexibility index (Phi) is 6.49. The minimum absolute atomic E-state index is 0.936. The van der Waals surface area contributed by atoms with Gasteiger partial charge in [-0.3, -0.25) is 4.57 Å². The monoisotopic (exact) mass is 637 g/mol. The Morgan fingerprint density at radius 3 is 1.52 bits per heavy atom. The lowest BCUT2D eigenvalue weighted by molar-refractivity contribution is 1.14. The first-order valence-corrected chi connectivity index (χ1v) is 17.1. The summed E-state index contributed by atoms with van der Waals surface area (Å²) in [4.78, 5) is 5.34. The minimum Gasteiger partial charge on any atom is -0.308 e. The molecule has 0 unspecified atom stereocenters. The lowest BCUT2D eigenvalue weighted by atomic mass is 9.98. The Morgan fingerprint density at radius 1 is 0.340 bits per heavy atom. The maximum atomic E-state index is 5.34. The standard InChI is InChI=1S/C47H31N3/c1-5-15-32(16-6-1)35-25-26-44-41(30-35)42-31-48-47-45(46(42)49(44)38-21-11-4-12-22-38)40-23-13-14-24-43(40)50(47)39-28-36(33-17-7-2-8-18-33)27-37(29-39)34-19-9-3-10-20-34/h1-31H. The van der Waals surface area contributed by atoms with Crippen molar-refractivity contribution >= 4 is 43.7 Å². The molecule has 3 heterocycles. The van der Waals surface area contributed by atoms with Crippen molar-refractivity contribution in [2.75, 3.05) is 0 Å². The number of aromatic nitrogens is 3. The average Bonchev–Trinajstić information content (AvgIpc) is 3.71. The zero-order chi connectivity index (χ0) is 33.0. The van der Waals surface area contributed by atoms with Crippen LogP contribution in [0.25, 0.3) is 88.5 Å². The number of para-hydroxylation sites is 2. The van der Waals surface area contributed by atoms with Gasteiger partial charge in [0, 0.05) is 33.7 Å². The van der Waals surface area contributed by atoms with Crippen molar-refractivity contribution in [2.45, 2.75) is 0 Å². The van der Waals surface area contributed by atoms with E-state index >= 15 is 0 Å². The lowest BCUT2D eigenvalue weighted by Crippen LogP contribution is -1.98. The Labute approximate surface area is 290 Å². The third kappa shape index (κ3) is 4.48. The molecule has 0 saturated heterocycles. The van der Waals surface area contributed by atoms with Crippen LogP contribution >= 0.6 is 0 Å². The molecule has 0 atom stereocenters. The second-order valence-electron chi connectivity index (χ2n) is 12.8. The smallest absolute Gasteiger partial charge is 0.147 e. The molecule has 0 amide bonds. The first-order valence-electron chi connectivity index (χ1n) is 17.1. The fraction of sp³-hybridized carbons (Fsp3) is 0. The second kappa shape index (κ2) is 11.5. The quantitative estimate of drug-likeness (QED) is 0.184. The van der Waals surface area contributed by atoms with Crippen LogP contribution in [0, 0.1) is 0 Å². The Balaban J connectivity index is 1.33. The van der Waals surface area contributed by atoms with Gasteiger partial charge in [-0.05, 0) is 81.9 Å². The highest BCUT2D eigenvalue weighted by Gasteiger charge is 2.22. The molecule has 10 aromatic rings. The number of rotatable bonds is 5. The molecule has 0 spiro atoms. The summed E-state index contributed by atoms with van der Waals surface area (Å²) >= 11 is 0. The van der Waals surface area contributed by atoms with Gasteiger partial charge in [0.05, 0.1) is 21.9 Å². The van der Waals surface area contributed by atoms with Gasteiger partial charge in [-0.25, -0.2) is 4.98 Å². The number of pyridine rings is 1. The molecule has 0 aliphatic rings. The van der Waals surface area contributed by atoms with Crippen molar-refractivity contribution in [1.82, 2.24) is 14.1 Å². The molecule has 0 saturated carbocycles. The minimum atomic E-state index is 0.936. The number of hydrogen-bond donors (Lipinski definition) is 0. The van der Waals surface area contributed by atoms with Crippen LogP contribution in [0.3, 0.4) is 0 Å². The summed E-state index contributed by atoms with van der Waals surface area (Å²) in [6, 6.07) is 65.1. The van der Waals surface area contributed by atoms with E-state index in [-0.39, 0.29) is 0 Å².